The van der Waals surface area contributed by atoms with Crippen molar-refractivity contribution in [2.45, 2.75) is 37.9 Å². The third-order valence-corrected chi connectivity index (χ3v) is 8.70. The molecule has 2 rings (SSSR count). The van der Waals surface area contributed by atoms with Gasteiger partial charge >= 0.3 is 5.97 Å². The maximum atomic E-state index is 13.3. The molecule has 1 aliphatic heterocycles. The average Bonchev–Trinajstić information content (AvgIpc) is 3.30. The van der Waals surface area contributed by atoms with E-state index in [1.807, 2.05) is 30.3 Å². The van der Waals surface area contributed by atoms with Crippen LogP contribution in [0.1, 0.15) is 38.7 Å². The van der Waals surface area contributed by atoms with Crippen molar-refractivity contribution in [1.82, 2.24) is 4.90 Å². The summed E-state index contributed by atoms with van der Waals surface area (Å²) in [5.41, 5.74) is -0.153. The van der Waals surface area contributed by atoms with E-state index in [1.165, 1.54) is 23.5 Å². The Labute approximate surface area is 232 Å². The van der Waals surface area contributed by atoms with E-state index in [4.69, 9.17) is 38.6 Å². The molecule has 1 fully saturated rings. The molecule has 11 heteroatoms. The smallest absolute Gasteiger partial charge is 0.322 e. The quantitative estimate of drug-likeness (QED) is 0.180. The van der Waals surface area contributed by atoms with Gasteiger partial charge < -0.3 is 14.2 Å². The first kappa shape index (κ1) is 30.7. The number of nitrogens with zero attached hydrogens (tertiary/aromatic N) is 2. The summed E-state index contributed by atoms with van der Waals surface area (Å²) in [4.78, 5) is 27.6. The van der Waals surface area contributed by atoms with E-state index < -0.39 is 16.1 Å². The predicted octanol–water partition coefficient (Wildman–Crippen LogP) is 4.62. The third-order valence-electron chi connectivity index (χ3n) is 5.60. The molecule has 1 aliphatic rings. The van der Waals surface area contributed by atoms with E-state index in [9.17, 15) is 14.9 Å². The lowest BCUT2D eigenvalue weighted by Gasteiger charge is -2.34. The van der Waals surface area contributed by atoms with Crippen LogP contribution in [0.25, 0.3) is 0 Å². The number of thiocarbonyl (C=S) groups is 2. The molecule has 0 spiro atoms. The molecule has 1 heterocycles. The topological polar surface area (TPSA) is 88.9 Å². The molecule has 0 saturated carbocycles. The Morgan fingerprint density at radius 3 is 2.50 bits per heavy atom. The van der Waals surface area contributed by atoms with Crippen molar-refractivity contribution >= 4 is 68.4 Å². The van der Waals surface area contributed by atoms with Crippen molar-refractivity contribution in [1.29, 1.82) is 5.26 Å². The van der Waals surface area contributed by atoms with Crippen LogP contribution < -0.4 is 0 Å². The lowest BCUT2D eigenvalue weighted by atomic mass is 9.78. The lowest BCUT2D eigenvalue weighted by Crippen LogP contribution is -2.41. The van der Waals surface area contributed by atoms with Crippen molar-refractivity contribution < 1.29 is 23.8 Å². The van der Waals surface area contributed by atoms with Gasteiger partial charge in [-0.05, 0) is 32.3 Å². The van der Waals surface area contributed by atoms with Crippen LogP contribution in [0.3, 0.4) is 0 Å². The first-order valence-electron chi connectivity index (χ1n) is 11.5. The molecular formula is C25H32N2O5S4. The number of nitriles is 1. The van der Waals surface area contributed by atoms with E-state index in [1.54, 1.807) is 25.9 Å². The zero-order valence-electron chi connectivity index (χ0n) is 20.8. The number of amides is 1. The van der Waals surface area contributed by atoms with Crippen LogP contribution >= 0.6 is 48.0 Å². The molecule has 1 aromatic rings. The maximum absolute atomic E-state index is 13.3. The summed E-state index contributed by atoms with van der Waals surface area (Å²) < 4.78 is 15.8. The van der Waals surface area contributed by atoms with Crippen LogP contribution in [0.2, 0.25) is 0 Å². The number of hydrogen-bond donors (Lipinski definition) is 0. The van der Waals surface area contributed by atoms with Crippen LogP contribution in [0.4, 0.5) is 0 Å². The Morgan fingerprint density at radius 1 is 1.19 bits per heavy atom. The molecule has 0 N–H and O–H groups in total. The highest BCUT2D eigenvalue weighted by atomic mass is 32.2. The molecule has 0 aliphatic carbocycles. The van der Waals surface area contributed by atoms with Crippen LogP contribution in [-0.4, -0.2) is 75.9 Å². The Morgan fingerprint density at radius 2 is 1.89 bits per heavy atom. The molecule has 0 aromatic heterocycles. The van der Waals surface area contributed by atoms with E-state index in [2.05, 4.69) is 6.07 Å². The molecule has 196 valence electrons. The number of ether oxygens (including phenoxy) is 3. The Kier molecular flexibility index (Phi) is 12.8. The number of benzene rings is 1. The SMILES string of the molecule is COCCOCCOC(=O)C(C)(CC(C)(C#N)CCC(=O)N1CCSC1=S)SC(=S)c1ccccc1. The van der Waals surface area contributed by atoms with Crippen LogP contribution in [0, 0.1) is 16.7 Å². The molecule has 1 amide bonds. The average molecular weight is 569 g/mol. The number of carbonyl (C=O) groups is 2. The fourth-order valence-corrected chi connectivity index (χ4v) is 6.77. The van der Waals surface area contributed by atoms with Gasteiger partial charge in [-0.15, -0.1) is 0 Å². The third kappa shape index (κ3) is 9.39. The summed E-state index contributed by atoms with van der Waals surface area (Å²) in [5.74, 6) is 0.203. The molecule has 7 nitrogen and oxygen atoms in total. The number of carbonyl (C=O) groups excluding carboxylic acids is 2. The first-order valence-corrected chi connectivity index (χ1v) is 14.2. The number of esters is 1. The van der Waals surface area contributed by atoms with Gasteiger partial charge in [0, 0.05) is 25.8 Å². The number of hydrogen-bond acceptors (Lipinski definition) is 10. The van der Waals surface area contributed by atoms with Crippen molar-refractivity contribution in [3.8, 4) is 6.07 Å². The second-order valence-electron chi connectivity index (χ2n) is 8.74. The fourth-order valence-electron chi connectivity index (χ4n) is 3.64. The van der Waals surface area contributed by atoms with Gasteiger partial charge in [0.25, 0.3) is 0 Å². The number of rotatable bonds is 14. The molecular weight excluding hydrogens is 537 g/mol. The van der Waals surface area contributed by atoms with Crippen molar-refractivity contribution in [3.05, 3.63) is 35.9 Å². The molecule has 0 radical (unpaired) electrons. The van der Waals surface area contributed by atoms with Crippen molar-refractivity contribution in [2.75, 3.05) is 45.8 Å². The van der Waals surface area contributed by atoms with E-state index in [0.717, 1.165) is 11.3 Å². The van der Waals surface area contributed by atoms with Crippen molar-refractivity contribution in [3.63, 3.8) is 0 Å². The van der Waals surface area contributed by atoms with Crippen LogP contribution in [0.5, 0.6) is 0 Å². The minimum atomic E-state index is -1.15. The lowest BCUT2D eigenvalue weighted by molar-refractivity contribution is -0.148. The van der Waals surface area contributed by atoms with E-state index in [0.29, 0.717) is 28.3 Å². The molecule has 1 aromatic carbocycles. The largest absolute Gasteiger partial charge is 0.462 e. The van der Waals surface area contributed by atoms with E-state index >= 15 is 0 Å². The van der Waals surface area contributed by atoms with Gasteiger partial charge in [-0.2, -0.15) is 5.26 Å². The van der Waals surface area contributed by atoms with E-state index in [-0.39, 0.29) is 38.4 Å². The van der Waals surface area contributed by atoms with Gasteiger partial charge in [0.15, 0.2) is 0 Å². The monoisotopic (exact) mass is 568 g/mol. The van der Waals surface area contributed by atoms with Gasteiger partial charge in [-0.1, -0.05) is 78.3 Å². The summed E-state index contributed by atoms with van der Waals surface area (Å²) in [6, 6.07) is 11.7. The molecule has 1 saturated heterocycles. The maximum Gasteiger partial charge on any atom is 0.322 e. The molecule has 36 heavy (non-hydrogen) atoms. The van der Waals surface area contributed by atoms with Crippen LogP contribution in [-0.2, 0) is 23.8 Å². The normalized spacial score (nSPS) is 16.6. The second-order valence-corrected chi connectivity index (χ2v) is 12.6. The highest BCUT2D eigenvalue weighted by Crippen LogP contribution is 2.42. The number of methoxy groups -OCH3 is 1. The zero-order valence-corrected chi connectivity index (χ0v) is 24.1. The minimum absolute atomic E-state index is 0.0720. The summed E-state index contributed by atoms with van der Waals surface area (Å²) in [5, 5.41) is 10.1. The molecule has 2 unspecified atom stereocenters. The molecule has 2 atom stereocenters. The summed E-state index contributed by atoms with van der Waals surface area (Å²) in [6.45, 7) is 5.25. The number of thioether (sulfide) groups is 2. The minimum Gasteiger partial charge on any atom is -0.462 e. The Balaban J connectivity index is 2.12. The highest BCUT2D eigenvalue weighted by Gasteiger charge is 2.44. The van der Waals surface area contributed by atoms with Gasteiger partial charge in [0.2, 0.25) is 5.91 Å². The van der Waals surface area contributed by atoms with Gasteiger partial charge in [0.1, 0.15) is 15.7 Å². The Hall–Kier alpha value is -1.55. The standard InChI is InChI=1S/C25H32N2O5S4/c1-24(18-26,10-9-20(28)27-11-16-35-23(27)34)17-25(2,22(29)32-15-14-31-13-12-30-3)36-21(33)19-7-5-4-6-8-19/h4-8H,9-17H2,1-3H3. The molecule has 0 bridgehead atoms. The summed E-state index contributed by atoms with van der Waals surface area (Å²) in [6.07, 6.45) is 0.606. The first-order chi connectivity index (χ1) is 17.1. The highest BCUT2D eigenvalue weighted by molar-refractivity contribution is 8.25. The van der Waals surface area contributed by atoms with Gasteiger partial charge in [-0.25, -0.2) is 0 Å². The van der Waals surface area contributed by atoms with Gasteiger partial charge in [-0.3, -0.25) is 14.5 Å². The Bertz CT molecular complexity index is 971. The second kappa shape index (κ2) is 15.0. The summed E-state index contributed by atoms with van der Waals surface area (Å²) >= 11 is 13.6. The van der Waals surface area contributed by atoms with Gasteiger partial charge in [0.05, 0.1) is 35.5 Å². The van der Waals surface area contributed by atoms with Crippen molar-refractivity contribution in [2.24, 2.45) is 5.41 Å². The predicted molar refractivity (Wildman–Crippen MR) is 152 cm³/mol. The zero-order chi connectivity index (χ0) is 26.6. The van der Waals surface area contributed by atoms with Crippen LogP contribution in [0.15, 0.2) is 30.3 Å². The fraction of sp³-hybridized carbons (Fsp3) is 0.560. The summed E-state index contributed by atoms with van der Waals surface area (Å²) in [7, 11) is 1.58.